The highest BCUT2D eigenvalue weighted by atomic mass is 79.9. The number of halogens is 1. The van der Waals surface area contributed by atoms with Gasteiger partial charge in [0.25, 0.3) is 5.91 Å². The maximum absolute atomic E-state index is 12.5. The molecule has 0 unspecified atom stereocenters. The summed E-state index contributed by atoms with van der Waals surface area (Å²) in [5.41, 5.74) is 1.24. The number of aryl methyl sites for hydroxylation is 1. The average molecular weight is 396 g/mol. The molecule has 0 atom stereocenters. The summed E-state index contributed by atoms with van der Waals surface area (Å²) in [5.74, 6) is -0.0534. The van der Waals surface area contributed by atoms with Gasteiger partial charge in [-0.1, -0.05) is 18.2 Å². The van der Waals surface area contributed by atoms with Crippen LogP contribution < -0.4 is 9.50 Å². The third kappa shape index (κ3) is 3.40. The molecule has 23 heavy (non-hydrogen) atoms. The monoisotopic (exact) mass is 395 g/mol. The highest BCUT2D eigenvalue weighted by Crippen LogP contribution is 2.28. The van der Waals surface area contributed by atoms with Crippen LogP contribution in [0.4, 0.5) is 0 Å². The van der Waals surface area contributed by atoms with Gasteiger partial charge in [-0.2, -0.15) is 8.42 Å². The Labute approximate surface area is 142 Å². The predicted molar refractivity (Wildman–Crippen MR) is 89.1 cm³/mol. The molecule has 1 heterocycles. The van der Waals surface area contributed by atoms with Crippen LogP contribution in [-0.2, 0) is 16.5 Å². The van der Waals surface area contributed by atoms with E-state index in [0.29, 0.717) is 16.6 Å². The standard InChI is InChI=1S/C16H14BrNO4S/c17-14-5-1-2-6-15(14)22-23(20,21)12-8-7-11-4-3-9-18-16(19)13(11)10-12/h1-2,5-8,10H,3-4,9H2,(H,18,19). The molecule has 120 valence electrons. The van der Waals surface area contributed by atoms with Gasteiger partial charge in [0.2, 0.25) is 0 Å². The highest BCUT2D eigenvalue weighted by Gasteiger charge is 2.22. The molecule has 0 fully saturated rings. The number of fused-ring (bicyclic) bond motifs is 1. The normalized spacial score (nSPS) is 14.6. The molecule has 2 aromatic carbocycles. The van der Waals surface area contributed by atoms with Gasteiger partial charge in [-0.25, -0.2) is 0 Å². The molecule has 0 aliphatic carbocycles. The largest absolute Gasteiger partial charge is 0.378 e. The maximum atomic E-state index is 12.5. The number of benzene rings is 2. The van der Waals surface area contributed by atoms with E-state index in [-0.39, 0.29) is 16.6 Å². The third-order valence-electron chi connectivity index (χ3n) is 3.56. The van der Waals surface area contributed by atoms with Crippen LogP contribution in [0.3, 0.4) is 0 Å². The first-order valence-corrected chi connectivity index (χ1v) is 9.28. The smallest absolute Gasteiger partial charge is 0.339 e. The first-order chi connectivity index (χ1) is 11.0. The Morgan fingerprint density at radius 2 is 1.91 bits per heavy atom. The number of amides is 1. The van der Waals surface area contributed by atoms with Gasteiger partial charge in [-0.3, -0.25) is 4.79 Å². The summed E-state index contributed by atoms with van der Waals surface area (Å²) < 4.78 is 30.6. The molecular formula is C16H14BrNO4S. The van der Waals surface area contributed by atoms with Gasteiger partial charge in [0.05, 0.1) is 4.47 Å². The Hall–Kier alpha value is -1.86. The highest BCUT2D eigenvalue weighted by molar-refractivity contribution is 9.10. The molecule has 0 aromatic heterocycles. The molecule has 5 nitrogen and oxygen atoms in total. The summed E-state index contributed by atoms with van der Waals surface area (Å²) in [5, 5.41) is 2.76. The van der Waals surface area contributed by atoms with Crippen LogP contribution in [0, 0.1) is 0 Å². The second kappa shape index (κ2) is 6.33. The lowest BCUT2D eigenvalue weighted by molar-refractivity contribution is 0.0956. The van der Waals surface area contributed by atoms with Crippen LogP contribution in [0.15, 0.2) is 51.8 Å². The summed E-state index contributed by atoms with van der Waals surface area (Å²) in [6.45, 7) is 0.586. The number of hydrogen-bond acceptors (Lipinski definition) is 4. The van der Waals surface area contributed by atoms with Gasteiger partial charge < -0.3 is 9.50 Å². The van der Waals surface area contributed by atoms with Gasteiger partial charge in [0, 0.05) is 12.1 Å². The van der Waals surface area contributed by atoms with E-state index in [2.05, 4.69) is 21.2 Å². The Morgan fingerprint density at radius 3 is 2.70 bits per heavy atom. The van der Waals surface area contributed by atoms with Crippen molar-refractivity contribution >= 4 is 32.0 Å². The molecule has 2 aromatic rings. The molecule has 0 spiro atoms. The molecular weight excluding hydrogens is 382 g/mol. The Kier molecular flexibility index (Phi) is 4.41. The van der Waals surface area contributed by atoms with Crippen molar-refractivity contribution in [2.24, 2.45) is 0 Å². The second-order valence-corrected chi connectivity index (χ2v) is 7.55. The molecule has 1 amide bonds. The van der Waals surface area contributed by atoms with Gasteiger partial charge >= 0.3 is 10.1 Å². The van der Waals surface area contributed by atoms with Crippen LogP contribution in [0.5, 0.6) is 5.75 Å². The van der Waals surface area contributed by atoms with Crippen molar-refractivity contribution in [1.82, 2.24) is 5.32 Å². The molecule has 0 saturated heterocycles. The molecule has 0 saturated carbocycles. The lowest BCUT2D eigenvalue weighted by Gasteiger charge is -2.11. The van der Waals surface area contributed by atoms with Crippen molar-refractivity contribution in [2.75, 3.05) is 6.54 Å². The minimum Gasteiger partial charge on any atom is -0.378 e. The van der Waals surface area contributed by atoms with Crippen LogP contribution in [0.2, 0.25) is 0 Å². The number of rotatable bonds is 3. The van der Waals surface area contributed by atoms with Crippen LogP contribution in [0.25, 0.3) is 0 Å². The number of nitrogens with one attached hydrogen (secondary N) is 1. The average Bonchev–Trinajstić information content (AvgIpc) is 2.71. The number of para-hydroxylation sites is 1. The third-order valence-corrected chi connectivity index (χ3v) is 5.44. The summed E-state index contributed by atoms with van der Waals surface area (Å²) >= 11 is 3.25. The van der Waals surface area contributed by atoms with Crippen LogP contribution in [0.1, 0.15) is 22.3 Å². The zero-order valence-corrected chi connectivity index (χ0v) is 14.5. The first-order valence-electron chi connectivity index (χ1n) is 7.07. The quantitative estimate of drug-likeness (QED) is 0.810. The number of carbonyl (C=O) groups excluding carboxylic acids is 1. The van der Waals surface area contributed by atoms with E-state index in [1.165, 1.54) is 12.1 Å². The molecule has 1 aliphatic heterocycles. The molecule has 0 radical (unpaired) electrons. The fraction of sp³-hybridized carbons (Fsp3) is 0.188. The van der Waals surface area contributed by atoms with Crippen molar-refractivity contribution in [1.29, 1.82) is 0 Å². The lowest BCUT2D eigenvalue weighted by Crippen LogP contribution is -2.23. The van der Waals surface area contributed by atoms with Crippen molar-refractivity contribution in [2.45, 2.75) is 17.7 Å². The van der Waals surface area contributed by atoms with Crippen molar-refractivity contribution in [3.05, 3.63) is 58.1 Å². The first kappa shape index (κ1) is 16.0. The van der Waals surface area contributed by atoms with Crippen molar-refractivity contribution in [3.63, 3.8) is 0 Å². The minimum atomic E-state index is -4.01. The van der Waals surface area contributed by atoms with Gasteiger partial charge in [0.15, 0.2) is 5.75 Å². The summed E-state index contributed by atoms with van der Waals surface area (Å²) in [6, 6.07) is 11.2. The Bertz CT molecular complexity index is 864. The fourth-order valence-electron chi connectivity index (χ4n) is 2.40. The SMILES string of the molecule is O=C1NCCCc2ccc(S(=O)(=O)Oc3ccccc3Br)cc21. The second-order valence-electron chi connectivity index (χ2n) is 5.15. The number of hydrogen-bond donors (Lipinski definition) is 1. The zero-order chi connectivity index (χ0) is 16.4. The fourth-order valence-corrected chi connectivity index (χ4v) is 3.84. The van der Waals surface area contributed by atoms with Gasteiger partial charge in [-0.15, -0.1) is 0 Å². The van der Waals surface area contributed by atoms with Crippen LogP contribution in [-0.4, -0.2) is 20.9 Å². The lowest BCUT2D eigenvalue weighted by atomic mass is 10.0. The minimum absolute atomic E-state index is 0.0379. The topological polar surface area (TPSA) is 72.5 Å². The molecule has 1 N–H and O–H groups in total. The van der Waals surface area contributed by atoms with E-state index in [9.17, 15) is 13.2 Å². The van der Waals surface area contributed by atoms with E-state index in [0.717, 1.165) is 18.4 Å². The molecule has 7 heteroatoms. The predicted octanol–water partition coefficient (Wildman–Crippen LogP) is 2.89. The molecule has 0 bridgehead atoms. The zero-order valence-electron chi connectivity index (χ0n) is 12.1. The summed E-state index contributed by atoms with van der Waals surface area (Å²) in [6.07, 6.45) is 1.57. The summed E-state index contributed by atoms with van der Waals surface area (Å²) in [4.78, 5) is 12.0. The van der Waals surface area contributed by atoms with E-state index in [4.69, 9.17) is 4.18 Å². The van der Waals surface area contributed by atoms with Crippen molar-refractivity contribution in [3.8, 4) is 5.75 Å². The maximum Gasteiger partial charge on any atom is 0.339 e. The van der Waals surface area contributed by atoms with Gasteiger partial charge in [0.1, 0.15) is 4.90 Å². The van der Waals surface area contributed by atoms with E-state index >= 15 is 0 Å². The van der Waals surface area contributed by atoms with Crippen LogP contribution >= 0.6 is 15.9 Å². The van der Waals surface area contributed by atoms with E-state index < -0.39 is 10.1 Å². The van der Waals surface area contributed by atoms with Crippen molar-refractivity contribution < 1.29 is 17.4 Å². The molecule has 1 aliphatic rings. The van der Waals surface area contributed by atoms with E-state index in [1.807, 2.05) is 0 Å². The number of carbonyl (C=O) groups is 1. The van der Waals surface area contributed by atoms with E-state index in [1.54, 1.807) is 30.3 Å². The van der Waals surface area contributed by atoms with Gasteiger partial charge in [-0.05, 0) is 58.6 Å². The Balaban J connectivity index is 1.98. The molecule has 3 rings (SSSR count). The summed E-state index contributed by atoms with van der Waals surface area (Å²) in [7, 11) is -4.01. The Morgan fingerprint density at radius 1 is 1.13 bits per heavy atom.